The number of pyridine rings is 2. The fourth-order valence-electron chi connectivity index (χ4n) is 1.93. The van der Waals surface area contributed by atoms with Crippen molar-refractivity contribution in [2.24, 2.45) is 0 Å². The van der Waals surface area contributed by atoms with Crippen molar-refractivity contribution in [1.29, 1.82) is 0 Å². The number of aromatic nitrogens is 2. The molecule has 0 amide bonds. The van der Waals surface area contributed by atoms with E-state index in [1.807, 2.05) is 12.1 Å². The number of anilines is 1. The van der Waals surface area contributed by atoms with Gasteiger partial charge in [0.05, 0.1) is 0 Å². The van der Waals surface area contributed by atoms with E-state index in [0.29, 0.717) is 11.4 Å². The van der Waals surface area contributed by atoms with Gasteiger partial charge in [0.2, 0.25) is 0 Å². The number of hydrogen-bond acceptors (Lipinski definition) is 4. The average molecular weight is 281 g/mol. The van der Waals surface area contributed by atoms with Crippen LogP contribution in [-0.4, -0.2) is 9.97 Å². The Morgan fingerprint density at radius 1 is 0.952 bits per heavy atom. The van der Waals surface area contributed by atoms with Gasteiger partial charge in [-0.25, -0.2) is 4.39 Å². The molecule has 0 saturated carbocycles. The summed E-state index contributed by atoms with van der Waals surface area (Å²) in [5.74, 6) is 0.103. The fourth-order valence-corrected chi connectivity index (χ4v) is 1.93. The van der Waals surface area contributed by atoms with Gasteiger partial charge in [-0.2, -0.15) is 0 Å². The number of nitrogens with zero attached hydrogens (tertiary/aromatic N) is 2. The minimum atomic E-state index is -0.510. The van der Waals surface area contributed by atoms with Crippen LogP contribution in [0.5, 0.6) is 11.5 Å². The molecule has 2 N–H and O–H groups in total. The fraction of sp³-hybridized carbons (Fsp3) is 0. The molecular weight excluding hydrogens is 269 g/mol. The largest absolute Gasteiger partial charge is 0.454 e. The van der Waals surface area contributed by atoms with Crippen molar-refractivity contribution in [3.63, 3.8) is 0 Å². The first-order valence-corrected chi connectivity index (χ1v) is 6.31. The molecule has 0 aliphatic carbocycles. The Balaban J connectivity index is 2.00. The van der Waals surface area contributed by atoms with Gasteiger partial charge >= 0.3 is 0 Å². The van der Waals surface area contributed by atoms with Crippen molar-refractivity contribution in [2.75, 3.05) is 5.73 Å². The molecule has 21 heavy (non-hydrogen) atoms. The van der Waals surface area contributed by atoms with Crippen molar-refractivity contribution < 1.29 is 9.13 Å². The van der Waals surface area contributed by atoms with E-state index >= 15 is 0 Å². The molecule has 0 spiro atoms. The molecule has 1 aromatic carbocycles. The van der Waals surface area contributed by atoms with Crippen molar-refractivity contribution in [2.45, 2.75) is 0 Å². The van der Waals surface area contributed by atoms with Crippen LogP contribution in [0.2, 0.25) is 0 Å². The molecule has 0 saturated heterocycles. The standard InChI is InChI=1S/C16H12FN3O/c17-14-8-12(18)3-4-16(14)21-15-5-7-20-10-13(15)11-2-1-6-19-9-11/h1-10H,18H2. The SMILES string of the molecule is Nc1ccc(Oc2ccncc2-c2cccnc2)c(F)c1. The lowest BCUT2D eigenvalue weighted by Crippen LogP contribution is -1.93. The van der Waals surface area contributed by atoms with Gasteiger partial charge in [0.1, 0.15) is 5.75 Å². The zero-order valence-electron chi connectivity index (χ0n) is 11.0. The molecule has 0 aliphatic rings. The quantitative estimate of drug-likeness (QED) is 0.744. The molecule has 0 unspecified atom stereocenters. The predicted octanol–water partition coefficient (Wildman–Crippen LogP) is 3.66. The van der Waals surface area contributed by atoms with Crippen LogP contribution in [0.3, 0.4) is 0 Å². The smallest absolute Gasteiger partial charge is 0.167 e. The number of ether oxygens (including phenoxy) is 1. The molecule has 0 atom stereocenters. The van der Waals surface area contributed by atoms with Crippen molar-refractivity contribution in [1.82, 2.24) is 9.97 Å². The molecule has 0 aliphatic heterocycles. The third-order valence-electron chi connectivity index (χ3n) is 2.93. The van der Waals surface area contributed by atoms with Gasteiger partial charge in [0.15, 0.2) is 11.6 Å². The zero-order chi connectivity index (χ0) is 14.7. The van der Waals surface area contributed by atoms with Crippen LogP contribution in [0.15, 0.2) is 61.2 Å². The third kappa shape index (κ3) is 2.81. The van der Waals surface area contributed by atoms with Gasteiger partial charge in [-0.15, -0.1) is 0 Å². The molecule has 3 aromatic rings. The Hall–Kier alpha value is -2.95. The highest BCUT2D eigenvalue weighted by Crippen LogP contribution is 2.33. The lowest BCUT2D eigenvalue weighted by molar-refractivity contribution is 0.443. The van der Waals surface area contributed by atoms with Crippen molar-refractivity contribution in [3.05, 3.63) is 67.0 Å². The lowest BCUT2D eigenvalue weighted by Gasteiger charge is -2.11. The number of halogens is 1. The second-order valence-electron chi connectivity index (χ2n) is 4.41. The summed E-state index contributed by atoms with van der Waals surface area (Å²) in [5.41, 5.74) is 7.46. The first-order valence-electron chi connectivity index (χ1n) is 6.31. The van der Waals surface area contributed by atoms with Crippen LogP contribution in [0.4, 0.5) is 10.1 Å². The number of nitrogen functional groups attached to an aromatic ring is 1. The Kier molecular flexibility index (Phi) is 3.47. The Morgan fingerprint density at radius 2 is 1.81 bits per heavy atom. The first-order chi connectivity index (χ1) is 10.2. The topological polar surface area (TPSA) is 61.0 Å². The van der Waals surface area contributed by atoms with Crippen LogP contribution in [0.1, 0.15) is 0 Å². The van der Waals surface area contributed by atoms with Gasteiger partial charge in [-0.1, -0.05) is 6.07 Å². The van der Waals surface area contributed by atoms with Crippen molar-refractivity contribution >= 4 is 5.69 Å². The molecule has 0 bridgehead atoms. The van der Waals surface area contributed by atoms with E-state index in [2.05, 4.69) is 9.97 Å². The van der Waals surface area contributed by atoms with Gasteiger partial charge in [0.25, 0.3) is 0 Å². The van der Waals surface area contributed by atoms with E-state index < -0.39 is 5.82 Å². The second-order valence-corrected chi connectivity index (χ2v) is 4.41. The van der Waals surface area contributed by atoms with Gasteiger partial charge in [-0.05, 0) is 24.3 Å². The zero-order valence-corrected chi connectivity index (χ0v) is 11.0. The molecule has 0 radical (unpaired) electrons. The number of hydrogen-bond donors (Lipinski definition) is 1. The maximum absolute atomic E-state index is 13.8. The highest BCUT2D eigenvalue weighted by Gasteiger charge is 2.10. The minimum absolute atomic E-state index is 0.112. The maximum Gasteiger partial charge on any atom is 0.167 e. The summed E-state index contributed by atoms with van der Waals surface area (Å²) in [6, 6.07) is 9.69. The van der Waals surface area contributed by atoms with E-state index in [0.717, 1.165) is 11.1 Å². The third-order valence-corrected chi connectivity index (χ3v) is 2.93. The van der Waals surface area contributed by atoms with E-state index in [-0.39, 0.29) is 5.75 Å². The summed E-state index contributed by atoms with van der Waals surface area (Å²) >= 11 is 0. The molecule has 104 valence electrons. The number of benzene rings is 1. The van der Waals surface area contributed by atoms with Gasteiger partial charge in [-0.3, -0.25) is 9.97 Å². The van der Waals surface area contributed by atoms with E-state index in [9.17, 15) is 4.39 Å². The number of nitrogens with two attached hydrogens (primary N) is 1. The predicted molar refractivity (Wildman–Crippen MR) is 78.4 cm³/mol. The Morgan fingerprint density at radius 3 is 2.57 bits per heavy atom. The highest BCUT2D eigenvalue weighted by molar-refractivity contribution is 5.69. The molecule has 3 rings (SSSR count). The molecule has 4 nitrogen and oxygen atoms in total. The molecule has 2 aromatic heterocycles. The summed E-state index contributed by atoms with van der Waals surface area (Å²) in [6.45, 7) is 0. The van der Waals surface area contributed by atoms with Crippen LogP contribution in [-0.2, 0) is 0 Å². The van der Waals surface area contributed by atoms with Crippen LogP contribution >= 0.6 is 0 Å². The van der Waals surface area contributed by atoms with Crippen LogP contribution < -0.4 is 10.5 Å². The maximum atomic E-state index is 13.8. The average Bonchev–Trinajstić information content (AvgIpc) is 2.51. The second kappa shape index (κ2) is 5.58. The molecular formula is C16H12FN3O. The van der Waals surface area contributed by atoms with E-state index in [1.165, 1.54) is 12.1 Å². The normalized spacial score (nSPS) is 10.3. The first kappa shape index (κ1) is 13.1. The molecule has 0 fully saturated rings. The van der Waals surface area contributed by atoms with Crippen molar-refractivity contribution in [3.8, 4) is 22.6 Å². The summed E-state index contributed by atoms with van der Waals surface area (Å²) in [5, 5.41) is 0. The monoisotopic (exact) mass is 281 g/mol. The molecule has 2 heterocycles. The molecule has 5 heteroatoms. The van der Waals surface area contributed by atoms with Gasteiger partial charge in [0, 0.05) is 47.7 Å². The van der Waals surface area contributed by atoms with E-state index in [4.69, 9.17) is 10.5 Å². The van der Waals surface area contributed by atoms with Gasteiger partial charge < -0.3 is 10.5 Å². The highest BCUT2D eigenvalue weighted by atomic mass is 19.1. The summed E-state index contributed by atoms with van der Waals surface area (Å²) in [7, 11) is 0. The summed E-state index contributed by atoms with van der Waals surface area (Å²) in [6.07, 6.45) is 6.62. The van der Waals surface area contributed by atoms with Crippen LogP contribution in [0, 0.1) is 5.82 Å². The van der Waals surface area contributed by atoms with E-state index in [1.54, 1.807) is 36.9 Å². The number of rotatable bonds is 3. The summed E-state index contributed by atoms with van der Waals surface area (Å²) < 4.78 is 19.5. The van der Waals surface area contributed by atoms with Crippen LogP contribution in [0.25, 0.3) is 11.1 Å². The Labute approximate surface area is 121 Å². The summed E-state index contributed by atoms with van der Waals surface area (Å²) in [4.78, 5) is 8.14. The minimum Gasteiger partial charge on any atom is -0.454 e. The lowest BCUT2D eigenvalue weighted by atomic mass is 10.1. The Bertz CT molecular complexity index is 762.